The first-order valence-corrected chi connectivity index (χ1v) is 13.4. The largest absolute Gasteiger partial charge is 0.497 e. The lowest BCUT2D eigenvalue weighted by Gasteiger charge is -2.30. The highest BCUT2D eigenvalue weighted by molar-refractivity contribution is 7.14. The van der Waals surface area contributed by atoms with Crippen molar-refractivity contribution in [1.29, 1.82) is 0 Å². The molecule has 2 N–H and O–H groups in total. The second-order valence-electron chi connectivity index (χ2n) is 9.60. The Labute approximate surface area is 227 Å². The van der Waals surface area contributed by atoms with Crippen molar-refractivity contribution in [3.05, 3.63) is 59.1 Å². The zero-order valence-corrected chi connectivity index (χ0v) is 22.4. The van der Waals surface area contributed by atoms with Gasteiger partial charge >= 0.3 is 6.18 Å². The number of nitrogens with zero attached hydrogens (tertiary/aromatic N) is 4. The third-order valence-corrected chi connectivity index (χ3v) is 7.75. The van der Waals surface area contributed by atoms with E-state index >= 15 is 0 Å². The average molecular weight is 559 g/mol. The highest BCUT2D eigenvalue weighted by atomic mass is 32.1. The first-order chi connectivity index (χ1) is 18.7. The molecule has 3 heterocycles. The van der Waals surface area contributed by atoms with Crippen LogP contribution in [0.25, 0.3) is 21.6 Å². The number of nitrogens with one attached hydrogen (secondary N) is 2. The minimum atomic E-state index is -4.42. The number of methoxy groups -OCH3 is 1. The Morgan fingerprint density at radius 2 is 1.87 bits per heavy atom. The van der Waals surface area contributed by atoms with Gasteiger partial charge in [-0.25, -0.2) is 0 Å². The van der Waals surface area contributed by atoms with E-state index in [-0.39, 0.29) is 18.5 Å². The molecular weight excluding hydrogens is 529 g/mol. The van der Waals surface area contributed by atoms with Gasteiger partial charge in [-0.05, 0) is 75.4 Å². The molecule has 1 aliphatic heterocycles. The molecule has 1 fully saturated rings. The van der Waals surface area contributed by atoms with Gasteiger partial charge in [-0.15, -0.1) is 10.2 Å². The van der Waals surface area contributed by atoms with E-state index in [1.807, 2.05) is 6.07 Å². The third kappa shape index (κ3) is 6.34. The highest BCUT2D eigenvalue weighted by Crippen LogP contribution is 2.36. The van der Waals surface area contributed by atoms with E-state index < -0.39 is 12.7 Å². The molecule has 0 atom stereocenters. The Balaban J connectivity index is 1.39. The summed E-state index contributed by atoms with van der Waals surface area (Å²) >= 11 is 1.16. The second-order valence-corrected chi connectivity index (χ2v) is 10.7. The van der Waals surface area contributed by atoms with Crippen LogP contribution in [0, 0.1) is 0 Å². The lowest BCUT2D eigenvalue weighted by Crippen LogP contribution is -2.36. The summed E-state index contributed by atoms with van der Waals surface area (Å²) in [6.07, 6.45) is -2.49. The van der Waals surface area contributed by atoms with Crippen LogP contribution in [0.4, 0.5) is 18.9 Å². The van der Waals surface area contributed by atoms with E-state index in [0.29, 0.717) is 37.9 Å². The summed E-state index contributed by atoms with van der Waals surface area (Å²) in [4.78, 5) is 14.8. The van der Waals surface area contributed by atoms with E-state index in [2.05, 4.69) is 32.8 Å². The normalized spacial score (nSPS) is 15.0. The highest BCUT2D eigenvalue weighted by Gasteiger charge is 2.31. The number of anilines is 1. The molecule has 12 heteroatoms. The van der Waals surface area contributed by atoms with E-state index in [0.717, 1.165) is 43.0 Å². The summed E-state index contributed by atoms with van der Waals surface area (Å²) in [5.41, 5.74) is 2.08. The quantitative estimate of drug-likeness (QED) is 0.311. The van der Waals surface area contributed by atoms with Crippen molar-refractivity contribution in [2.75, 3.05) is 32.6 Å². The van der Waals surface area contributed by atoms with Gasteiger partial charge in [0, 0.05) is 22.7 Å². The van der Waals surface area contributed by atoms with Crippen molar-refractivity contribution in [1.82, 2.24) is 25.0 Å². The van der Waals surface area contributed by atoms with Crippen LogP contribution in [0.1, 0.15) is 28.2 Å². The lowest BCUT2D eigenvalue weighted by atomic mass is 10.0. The van der Waals surface area contributed by atoms with Crippen LogP contribution >= 0.6 is 11.3 Å². The van der Waals surface area contributed by atoms with Crippen molar-refractivity contribution in [3.63, 3.8) is 0 Å². The molecule has 4 aromatic rings. The summed E-state index contributed by atoms with van der Waals surface area (Å²) in [5, 5.41) is 16.2. The predicted octanol–water partition coefficient (Wildman–Crippen LogP) is 5.17. The number of halogens is 3. The van der Waals surface area contributed by atoms with Crippen LogP contribution in [0.3, 0.4) is 0 Å². The topological polar surface area (TPSA) is 84.3 Å². The van der Waals surface area contributed by atoms with E-state index in [1.165, 1.54) is 4.57 Å². The van der Waals surface area contributed by atoms with Crippen LogP contribution in [0.5, 0.6) is 5.75 Å². The number of carbonyl (C=O) groups is 1. The Kier molecular flexibility index (Phi) is 7.76. The van der Waals surface area contributed by atoms with Crippen LogP contribution in [0.2, 0.25) is 0 Å². The van der Waals surface area contributed by atoms with E-state index in [4.69, 9.17) is 4.74 Å². The molecule has 0 saturated carbocycles. The number of benzene rings is 2. The number of ether oxygens (including phenoxy) is 1. The van der Waals surface area contributed by atoms with Gasteiger partial charge in [0.1, 0.15) is 17.3 Å². The molecule has 1 amide bonds. The maximum Gasteiger partial charge on any atom is 0.406 e. The molecule has 5 rings (SSSR count). The molecule has 39 heavy (non-hydrogen) atoms. The summed E-state index contributed by atoms with van der Waals surface area (Å²) in [6, 6.07) is 14.0. The fourth-order valence-corrected chi connectivity index (χ4v) is 5.54. The maximum absolute atomic E-state index is 13.6. The Morgan fingerprint density at radius 3 is 2.56 bits per heavy atom. The Bertz CT molecular complexity index is 1440. The van der Waals surface area contributed by atoms with Gasteiger partial charge in [-0.1, -0.05) is 17.4 Å². The molecule has 0 spiro atoms. The molecular formula is C27H29F3N6O2S. The number of carbonyl (C=O) groups excluding carboxylic acids is 1. The van der Waals surface area contributed by atoms with Crippen LogP contribution in [0.15, 0.2) is 48.5 Å². The summed E-state index contributed by atoms with van der Waals surface area (Å²) in [5.74, 6) is 0.337. The molecule has 0 bridgehead atoms. The monoisotopic (exact) mass is 558 g/mol. The van der Waals surface area contributed by atoms with Crippen molar-refractivity contribution >= 4 is 33.8 Å². The summed E-state index contributed by atoms with van der Waals surface area (Å²) in [7, 11) is 3.63. The maximum atomic E-state index is 13.6. The van der Waals surface area contributed by atoms with Gasteiger partial charge in [0.05, 0.1) is 24.9 Å². The number of amides is 1. The van der Waals surface area contributed by atoms with Crippen molar-refractivity contribution in [2.24, 2.45) is 0 Å². The van der Waals surface area contributed by atoms with Gasteiger partial charge < -0.3 is 24.8 Å². The third-order valence-electron chi connectivity index (χ3n) is 6.80. The number of alkyl halides is 3. The molecule has 1 aliphatic rings. The Hall–Kier alpha value is -3.64. The minimum absolute atomic E-state index is 0.102. The van der Waals surface area contributed by atoms with Gasteiger partial charge in [0.25, 0.3) is 5.91 Å². The van der Waals surface area contributed by atoms with Crippen LogP contribution < -0.4 is 15.4 Å². The number of fused-ring (bicyclic) bond motifs is 1. The summed E-state index contributed by atoms with van der Waals surface area (Å²) < 4.78 is 47.3. The van der Waals surface area contributed by atoms with Gasteiger partial charge in [0.15, 0.2) is 5.01 Å². The zero-order valence-electron chi connectivity index (χ0n) is 21.6. The SMILES string of the molecule is COc1ccc(C(=O)NCc2nnc(-c3cc4c(NC5CCN(C)CC5)cccc4n3CC(F)(F)F)s2)cc1. The number of aromatic nitrogens is 3. The fraction of sp³-hybridized carbons (Fsp3) is 0.370. The Morgan fingerprint density at radius 1 is 1.13 bits per heavy atom. The van der Waals surface area contributed by atoms with Gasteiger partial charge in [-0.2, -0.15) is 13.2 Å². The van der Waals surface area contributed by atoms with Crippen molar-refractivity contribution in [2.45, 2.75) is 38.1 Å². The number of rotatable bonds is 8. The average Bonchev–Trinajstić information content (AvgIpc) is 3.53. The molecule has 0 radical (unpaired) electrons. The standard InChI is InChI=1S/C27H29F3N6O2S/c1-35-12-10-18(11-13-35)32-21-4-3-5-22-20(21)14-23(36(22)16-27(28,29)30)26-34-33-24(39-26)15-31-25(37)17-6-8-19(38-2)9-7-17/h3-9,14,18,32H,10-13,15-16H2,1-2H3,(H,31,37). The van der Waals surface area contributed by atoms with E-state index in [1.54, 1.807) is 49.6 Å². The zero-order chi connectivity index (χ0) is 27.6. The fourth-order valence-electron chi connectivity index (χ4n) is 4.74. The first-order valence-electron chi connectivity index (χ1n) is 12.6. The molecule has 0 unspecified atom stereocenters. The minimum Gasteiger partial charge on any atom is -0.497 e. The van der Waals surface area contributed by atoms with E-state index in [9.17, 15) is 18.0 Å². The second kappa shape index (κ2) is 11.2. The first kappa shape index (κ1) is 26.9. The molecule has 2 aromatic carbocycles. The molecule has 2 aromatic heterocycles. The smallest absolute Gasteiger partial charge is 0.406 e. The van der Waals surface area contributed by atoms with Gasteiger partial charge in [0.2, 0.25) is 0 Å². The number of hydrogen-bond donors (Lipinski definition) is 2. The van der Waals surface area contributed by atoms with Gasteiger partial charge in [-0.3, -0.25) is 4.79 Å². The lowest BCUT2D eigenvalue weighted by molar-refractivity contribution is -0.139. The van der Waals surface area contributed by atoms with Crippen LogP contribution in [-0.2, 0) is 13.1 Å². The molecule has 206 valence electrons. The van der Waals surface area contributed by atoms with Crippen molar-refractivity contribution < 1.29 is 22.7 Å². The summed E-state index contributed by atoms with van der Waals surface area (Å²) in [6.45, 7) is 0.894. The number of likely N-dealkylation sites (tertiary alicyclic amines) is 1. The number of hydrogen-bond acceptors (Lipinski definition) is 7. The van der Waals surface area contributed by atoms with Crippen LogP contribution in [-0.4, -0.2) is 65.0 Å². The van der Waals surface area contributed by atoms with Crippen molar-refractivity contribution in [3.8, 4) is 16.5 Å². The molecule has 1 saturated heterocycles. The molecule has 0 aliphatic carbocycles. The molecule has 8 nitrogen and oxygen atoms in total. The number of piperidine rings is 1. The predicted molar refractivity (Wildman–Crippen MR) is 145 cm³/mol.